The zero-order valence-corrected chi connectivity index (χ0v) is 24.0. The Morgan fingerprint density at radius 2 is 1.85 bits per heavy atom. The molecule has 0 amide bonds. The molecule has 2 aromatic carbocycles. The first-order chi connectivity index (χ1) is 19.6. The van der Waals surface area contributed by atoms with E-state index in [1.165, 1.54) is 39.4 Å². The molecule has 0 bridgehead atoms. The SMILES string of the molecule is CCOC(=O)C1=C(C)N=c2s/c(=C\c3ccc(OS(=O)(=O)c4ccc([N+](=O)[O-])cc4)cc3)c(=O)n2[C@H]1c1cccs1. The van der Waals surface area contributed by atoms with Gasteiger partial charge in [-0.05, 0) is 61.2 Å². The zero-order chi connectivity index (χ0) is 29.3. The van der Waals surface area contributed by atoms with Gasteiger partial charge in [0.25, 0.3) is 11.2 Å². The largest absolute Gasteiger partial charge is 0.463 e. The summed E-state index contributed by atoms with van der Waals surface area (Å²) in [6.45, 7) is 3.62. The molecule has 0 unspecified atom stereocenters. The van der Waals surface area contributed by atoms with Crippen molar-refractivity contribution in [2.75, 3.05) is 6.61 Å². The Morgan fingerprint density at radius 3 is 2.46 bits per heavy atom. The van der Waals surface area contributed by atoms with Crippen molar-refractivity contribution in [2.45, 2.75) is 24.8 Å². The highest BCUT2D eigenvalue weighted by Crippen LogP contribution is 2.33. The number of aromatic nitrogens is 1. The molecule has 0 radical (unpaired) electrons. The van der Waals surface area contributed by atoms with E-state index in [-0.39, 0.29) is 28.5 Å². The molecule has 0 fully saturated rings. The third-order valence-corrected chi connectivity index (χ3v) is 9.22. The Balaban J connectivity index is 1.46. The van der Waals surface area contributed by atoms with Crippen molar-refractivity contribution in [1.82, 2.24) is 4.57 Å². The summed E-state index contributed by atoms with van der Waals surface area (Å²) < 4.78 is 37.5. The number of allylic oxidation sites excluding steroid dienone is 1. The van der Waals surface area contributed by atoms with E-state index in [4.69, 9.17) is 8.92 Å². The zero-order valence-electron chi connectivity index (χ0n) is 21.5. The normalized spacial score (nSPS) is 15.3. The first-order valence-corrected chi connectivity index (χ1v) is 15.2. The van der Waals surface area contributed by atoms with Crippen molar-refractivity contribution in [2.24, 2.45) is 4.99 Å². The highest BCUT2D eigenvalue weighted by Gasteiger charge is 2.33. The molecule has 210 valence electrons. The smallest absolute Gasteiger partial charge is 0.339 e. The van der Waals surface area contributed by atoms with E-state index in [2.05, 4.69) is 4.99 Å². The third kappa shape index (κ3) is 5.62. The van der Waals surface area contributed by atoms with Gasteiger partial charge in [-0.2, -0.15) is 8.42 Å². The van der Waals surface area contributed by atoms with Crippen LogP contribution in [-0.2, 0) is 19.6 Å². The first kappa shape index (κ1) is 28.1. The minimum absolute atomic E-state index is 0.0226. The van der Waals surface area contributed by atoms with Crippen LogP contribution in [0.5, 0.6) is 5.75 Å². The van der Waals surface area contributed by atoms with Gasteiger partial charge in [-0.25, -0.2) is 9.79 Å². The number of thiophene rings is 1. The fourth-order valence-electron chi connectivity index (χ4n) is 4.19. The predicted octanol–water partition coefficient (Wildman–Crippen LogP) is 3.54. The molecule has 5 rings (SSSR count). The fraction of sp³-hybridized carbons (Fsp3) is 0.148. The van der Waals surface area contributed by atoms with E-state index in [1.54, 1.807) is 32.1 Å². The lowest BCUT2D eigenvalue weighted by atomic mass is 10.0. The number of hydrogen-bond donors (Lipinski definition) is 0. The highest BCUT2D eigenvalue weighted by atomic mass is 32.2. The second-order valence-corrected chi connectivity index (χ2v) is 12.2. The lowest BCUT2D eigenvalue weighted by Crippen LogP contribution is -2.39. The topological polar surface area (TPSA) is 147 Å². The van der Waals surface area contributed by atoms with Gasteiger partial charge >= 0.3 is 16.1 Å². The van der Waals surface area contributed by atoms with Crippen molar-refractivity contribution < 1.29 is 27.1 Å². The van der Waals surface area contributed by atoms with Crippen LogP contribution >= 0.6 is 22.7 Å². The Morgan fingerprint density at radius 1 is 1.15 bits per heavy atom. The number of thiazole rings is 1. The van der Waals surface area contributed by atoms with Crippen molar-refractivity contribution in [1.29, 1.82) is 0 Å². The maximum absolute atomic E-state index is 13.6. The summed E-state index contributed by atoms with van der Waals surface area (Å²) >= 11 is 2.60. The highest BCUT2D eigenvalue weighted by molar-refractivity contribution is 7.87. The van der Waals surface area contributed by atoms with E-state index in [0.717, 1.165) is 29.1 Å². The number of benzene rings is 2. The van der Waals surface area contributed by atoms with Gasteiger partial charge in [-0.15, -0.1) is 11.3 Å². The number of nitro benzene ring substituents is 1. The van der Waals surface area contributed by atoms with E-state index in [0.29, 0.717) is 26.2 Å². The van der Waals surface area contributed by atoms with Crippen LogP contribution in [-0.4, -0.2) is 30.5 Å². The summed E-state index contributed by atoms with van der Waals surface area (Å²) in [5, 5.41) is 12.7. The summed E-state index contributed by atoms with van der Waals surface area (Å²) in [6.07, 6.45) is 1.65. The number of nitro groups is 1. The molecule has 0 aliphatic carbocycles. The van der Waals surface area contributed by atoms with Gasteiger partial charge in [-0.3, -0.25) is 19.5 Å². The van der Waals surface area contributed by atoms with Gasteiger partial charge < -0.3 is 8.92 Å². The Kier molecular flexibility index (Phi) is 7.71. The summed E-state index contributed by atoms with van der Waals surface area (Å²) in [4.78, 5) is 42.2. The van der Waals surface area contributed by atoms with Gasteiger partial charge in [0.15, 0.2) is 4.80 Å². The molecule has 41 heavy (non-hydrogen) atoms. The van der Waals surface area contributed by atoms with Crippen LogP contribution in [0.25, 0.3) is 6.08 Å². The summed E-state index contributed by atoms with van der Waals surface area (Å²) in [5.74, 6) is -0.505. The molecular weight excluding hydrogens is 591 g/mol. The molecule has 1 atom stereocenters. The number of carbonyl (C=O) groups excluding carboxylic acids is 1. The van der Waals surface area contributed by atoms with E-state index in [9.17, 15) is 28.1 Å². The van der Waals surface area contributed by atoms with Crippen molar-refractivity contribution >= 4 is 50.5 Å². The number of ether oxygens (including phenoxy) is 1. The number of esters is 1. The quantitative estimate of drug-likeness (QED) is 0.127. The monoisotopic (exact) mass is 611 g/mol. The van der Waals surface area contributed by atoms with Crippen LogP contribution in [0.3, 0.4) is 0 Å². The molecule has 0 N–H and O–H groups in total. The summed E-state index contributed by atoms with van der Waals surface area (Å²) in [5.41, 5.74) is 0.814. The molecule has 3 heterocycles. The molecule has 14 heteroatoms. The number of carbonyl (C=O) groups is 1. The maximum atomic E-state index is 13.6. The number of nitrogens with zero attached hydrogens (tertiary/aromatic N) is 3. The van der Waals surface area contributed by atoms with Crippen LogP contribution in [0.2, 0.25) is 0 Å². The number of rotatable bonds is 8. The van der Waals surface area contributed by atoms with Gasteiger partial charge in [0.1, 0.15) is 16.7 Å². The van der Waals surface area contributed by atoms with E-state index < -0.39 is 27.1 Å². The van der Waals surface area contributed by atoms with Crippen LogP contribution in [0.1, 0.15) is 30.3 Å². The molecule has 0 spiro atoms. The van der Waals surface area contributed by atoms with E-state index >= 15 is 0 Å². The molecule has 11 nitrogen and oxygen atoms in total. The predicted molar refractivity (Wildman–Crippen MR) is 152 cm³/mol. The molecule has 1 aliphatic rings. The minimum Gasteiger partial charge on any atom is -0.463 e. The number of hydrogen-bond acceptors (Lipinski definition) is 11. The number of fused-ring (bicyclic) bond motifs is 1. The average molecular weight is 612 g/mol. The fourth-order valence-corrected chi connectivity index (χ4v) is 6.99. The first-order valence-electron chi connectivity index (χ1n) is 12.1. The second-order valence-electron chi connectivity index (χ2n) is 8.68. The van der Waals surface area contributed by atoms with Gasteiger partial charge in [0.05, 0.1) is 27.3 Å². The van der Waals surface area contributed by atoms with E-state index in [1.807, 2.05) is 17.5 Å². The number of non-ortho nitro benzene ring substituents is 1. The van der Waals surface area contributed by atoms with Crippen LogP contribution in [0, 0.1) is 10.1 Å². The molecule has 2 aromatic heterocycles. The third-order valence-electron chi connectivity index (χ3n) is 6.05. The Labute approximate surface area is 241 Å². The summed E-state index contributed by atoms with van der Waals surface area (Å²) in [6, 6.07) is 13.4. The minimum atomic E-state index is -4.22. The van der Waals surface area contributed by atoms with Crippen LogP contribution in [0.15, 0.2) is 92.0 Å². The molecule has 4 aromatic rings. The molecule has 0 saturated heterocycles. The second kappa shape index (κ2) is 11.2. The lowest BCUT2D eigenvalue weighted by molar-refractivity contribution is -0.384. The van der Waals surface area contributed by atoms with Crippen molar-refractivity contribution in [3.8, 4) is 5.75 Å². The van der Waals surface area contributed by atoms with Gasteiger partial charge in [0, 0.05) is 17.0 Å². The van der Waals surface area contributed by atoms with Gasteiger partial charge in [0.2, 0.25) is 0 Å². The maximum Gasteiger partial charge on any atom is 0.339 e. The van der Waals surface area contributed by atoms with Crippen molar-refractivity contribution in [3.05, 3.63) is 118 Å². The van der Waals surface area contributed by atoms with Crippen LogP contribution < -0.4 is 19.1 Å². The molecular formula is C27H21N3O8S3. The molecule has 0 saturated carbocycles. The van der Waals surface area contributed by atoms with Gasteiger partial charge in [-0.1, -0.05) is 29.5 Å². The molecule has 1 aliphatic heterocycles. The van der Waals surface area contributed by atoms with Crippen molar-refractivity contribution in [3.63, 3.8) is 0 Å². The Bertz CT molecular complexity index is 1960. The lowest BCUT2D eigenvalue weighted by Gasteiger charge is -2.23. The average Bonchev–Trinajstić information content (AvgIpc) is 3.57. The standard InChI is InChI=1S/C27H21N3O8S3/c1-3-37-26(32)23-16(2)28-27-29(24(23)21-5-4-14-39-21)25(31)22(40-27)15-17-6-10-19(11-7-17)38-41(35,36)20-12-8-18(9-13-20)30(33)34/h4-15,24H,3H2,1-2H3/b22-15-/t24-/m0/s1. The Hall–Kier alpha value is -4.40. The summed E-state index contributed by atoms with van der Waals surface area (Å²) in [7, 11) is -4.22. The van der Waals surface area contributed by atoms with Crippen LogP contribution in [0.4, 0.5) is 5.69 Å².